The van der Waals surface area contributed by atoms with Crippen LogP contribution in [0.5, 0.6) is 0 Å². The number of hydrogen-bond donors (Lipinski definition) is 0. The van der Waals surface area contributed by atoms with Crippen molar-refractivity contribution < 1.29 is 9.59 Å². The maximum absolute atomic E-state index is 13.1. The van der Waals surface area contributed by atoms with Crippen molar-refractivity contribution in [1.29, 1.82) is 0 Å². The maximum atomic E-state index is 13.1. The van der Waals surface area contributed by atoms with Crippen LogP contribution in [-0.2, 0) is 4.79 Å². The van der Waals surface area contributed by atoms with Crippen LogP contribution in [0.4, 0.5) is 0 Å². The van der Waals surface area contributed by atoms with Gasteiger partial charge in [-0.05, 0) is 55.2 Å². The number of benzene rings is 1. The van der Waals surface area contributed by atoms with Gasteiger partial charge in [-0.25, -0.2) is 0 Å². The smallest absolute Gasteiger partial charge is 0.296 e. The number of nitrogens with zero attached hydrogens (tertiary/aromatic N) is 2. The highest BCUT2D eigenvalue weighted by Gasteiger charge is 2.29. The number of pyridine rings is 1. The molecule has 0 N–H and O–H groups in total. The quantitative estimate of drug-likeness (QED) is 0.507. The van der Waals surface area contributed by atoms with E-state index < -0.39 is 11.7 Å². The number of carbonyl (C=O) groups is 2. The van der Waals surface area contributed by atoms with Crippen molar-refractivity contribution in [1.82, 2.24) is 9.30 Å². The zero-order valence-corrected chi connectivity index (χ0v) is 15.1. The first-order chi connectivity index (χ1) is 12.6. The van der Waals surface area contributed by atoms with Crippen LogP contribution in [0.25, 0.3) is 16.6 Å². The van der Waals surface area contributed by atoms with E-state index in [1.165, 1.54) is 0 Å². The number of rotatable bonds is 3. The minimum Gasteiger partial charge on any atom is -0.336 e. The highest BCUT2D eigenvalue weighted by molar-refractivity contribution is 6.43. The normalized spacial score (nSPS) is 14.6. The van der Waals surface area contributed by atoms with Crippen LogP contribution in [0, 0.1) is 0 Å². The van der Waals surface area contributed by atoms with Crippen molar-refractivity contribution in [3.05, 3.63) is 65.4 Å². The van der Waals surface area contributed by atoms with E-state index >= 15 is 0 Å². The first kappa shape index (κ1) is 16.9. The molecule has 3 aromatic rings. The topological polar surface area (TPSA) is 41.8 Å². The monoisotopic (exact) mass is 366 g/mol. The molecular weight excluding hydrogens is 348 g/mol. The molecule has 1 aliphatic rings. The predicted molar refractivity (Wildman–Crippen MR) is 103 cm³/mol. The molecule has 1 amide bonds. The molecule has 1 fully saturated rings. The Kier molecular flexibility index (Phi) is 4.51. The second-order valence-electron chi connectivity index (χ2n) is 6.59. The van der Waals surface area contributed by atoms with Gasteiger partial charge in [0.1, 0.15) is 5.69 Å². The molecule has 0 unspecified atom stereocenters. The predicted octanol–water partition coefficient (Wildman–Crippen LogP) is 4.45. The molecule has 0 saturated carbocycles. The lowest BCUT2D eigenvalue weighted by Crippen LogP contribution is -2.40. The lowest BCUT2D eigenvalue weighted by molar-refractivity contribution is -0.127. The third kappa shape index (κ3) is 3.01. The van der Waals surface area contributed by atoms with Crippen molar-refractivity contribution in [2.75, 3.05) is 13.1 Å². The average Bonchev–Trinajstić information content (AvgIpc) is 3.07. The van der Waals surface area contributed by atoms with Crippen LogP contribution in [-0.4, -0.2) is 34.1 Å². The number of piperidine rings is 1. The molecule has 0 bridgehead atoms. The van der Waals surface area contributed by atoms with E-state index in [2.05, 4.69) is 0 Å². The molecule has 3 heterocycles. The van der Waals surface area contributed by atoms with Crippen LogP contribution >= 0.6 is 11.6 Å². The second kappa shape index (κ2) is 6.96. The summed E-state index contributed by atoms with van der Waals surface area (Å²) in [6.07, 6.45) is 4.85. The molecule has 4 nitrogen and oxygen atoms in total. The van der Waals surface area contributed by atoms with Gasteiger partial charge in [0.25, 0.3) is 11.7 Å². The van der Waals surface area contributed by atoms with Gasteiger partial charge in [-0.15, -0.1) is 0 Å². The van der Waals surface area contributed by atoms with Gasteiger partial charge in [0.15, 0.2) is 0 Å². The van der Waals surface area contributed by atoms with Crippen LogP contribution in [0.2, 0.25) is 5.02 Å². The molecule has 1 aromatic carbocycles. The molecule has 1 aliphatic heterocycles. The SMILES string of the molecule is O=C(C(=O)N1CCCCC1)c1c(-c2ccc(Cl)cc2)cc2ccccn12. The van der Waals surface area contributed by atoms with Crippen molar-refractivity contribution in [3.63, 3.8) is 0 Å². The lowest BCUT2D eigenvalue weighted by atomic mass is 10.0. The van der Waals surface area contributed by atoms with Gasteiger partial charge < -0.3 is 9.30 Å². The number of Topliss-reactive ketones (excluding diaryl/α,β-unsaturated/α-hetero) is 1. The number of amides is 1. The van der Waals surface area contributed by atoms with Crippen LogP contribution < -0.4 is 0 Å². The first-order valence-electron chi connectivity index (χ1n) is 8.85. The van der Waals surface area contributed by atoms with Gasteiger partial charge in [0, 0.05) is 35.4 Å². The van der Waals surface area contributed by atoms with Gasteiger partial charge in [-0.1, -0.05) is 29.8 Å². The first-order valence-corrected chi connectivity index (χ1v) is 9.22. The Labute approximate surface area is 157 Å². The summed E-state index contributed by atoms with van der Waals surface area (Å²) >= 11 is 6.00. The zero-order chi connectivity index (χ0) is 18.1. The molecule has 2 aromatic heterocycles. The number of carbonyl (C=O) groups excluding carboxylic acids is 2. The van der Waals surface area contributed by atoms with E-state index in [0.717, 1.165) is 35.9 Å². The van der Waals surface area contributed by atoms with E-state index in [1.54, 1.807) is 21.4 Å². The van der Waals surface area contributed by atoms with Crippen molar-refractivity contribution in [2.24, 2.45) is 0 Å². The summed E-state index contributed by atoms with van der Waals surface area (Å²) in [5.74, 6) is -0.869. The molecule has 0 aliphatic carbocycles. The Bertz CT molecular complexity index is 969. The Morgan fingerprint density at radius 2 is 1.65 bits per heavy atom. The Morgan fingerprint density at radius 1 is 0.923 bits per heavy atom. The molecule has 0 atom stereocenters. The number of aromatic nitrogens is 1. The molecular formula is C21H19ClN2O2. The Balaban J connectivity index is 1.82. The average molecular weight is 367 g/mol. The maximum Gasteiger partial charge on any atom is 0.296 e. The highest BCUT2D eigenvalue weighted by Crippen LogP contribution is 2.30. The number of fused-ring (bicyclic) bond motifs is 1. The summed E-state index contributed by atoms with van der Waals surface area (Å²) in [5, 5.41) is 0.634. The van der Waals surface area contributed by atoms with E-state index in [4.69, 9.17) is 11.6 Å². The fourth-order valence-electron chi connectivity index (χ4n) is 3.55. The van der Waals surface area contributed by atoms with Crippen LogP contribution in [0.15, 0.2) is 54.7 Å². The minimum absolute atomic E-state index is 0.413. The van der Waals surface area contributed by atoms with Gasteiger partial charge >= 0.3 is 0 Å². The summed E-state index contributed by atoms with van der Waals surface area (Å²) in [6.45, 7) is 1.31. The van der Waals surface area contributed by atoms with Gasteiger partial charge in [0.05, 0.1) is 0 Å². The third-order valence-electron chi connectivity index (χ3n) is 4.89. The Morgan fingerprint density at radius 3 is 2.38 bits per heavy atom. The molecule has 1 saturated heterocycles. The van der Waals surface area contributed by atoms with Crippen molar-refractivity contribution >= 4 is 28.8 Å². The van der Waals surface area contributed by atoms with E-state index in [-0.39, 0.29) is 0 Å². The van der Waals surface area contributed by atoms with Crippen LogP contribution in [0.1, 0.15) is 29.8 Å². The molecule has 26 heavy (non-hydrogen) atoms. The minimum atomic E-state index is -0.456. The summed E-state index contributed by atoms with van der Waals surface area (Å²) in [4.78, 5) is 27.6. The van der Waals surface area contributed by atoms with E-state index in [1.807, 2.05) is 42.6 Å². The summed E-state index contributed by atoms with van der Waals surface area (Å²) < 4.78 is 1.80. The number of likely N-dealkylation sites (tertiary alicyclic amines) is 1. The largest absolute Gasteiger partial charge is 0.336 e. The molecule has 5 heteroatoms. The van der Waals surface area contributed by atoms with Crippen LogP contribution in [0.3, 0.4) is 0 Å². The Hall–Kier alpha value is -2.59. The van der Waals surface area contributed by atoms with E-state index in [0.29, 0.717) is 23.8 Å². The van der Waals surface area contributed by atoms with E-state index in [9.17, 15) is 9.59 Å². The van der Waals surface area contributed by atoms with Crippen molar-refractivity contribution in [3.8, 4) is 11.1 Å². The summed E-state index contributed by atoms with van der Waals surface area (Å²) in [5.41, 5.74) is 2.92. The number of hydrogen-bond acceptors (Lipinski definition) is 2. The zero-order valence-electron chi connectivity index (χ0n) is 14.3. The molecule has 132 valence electrons. The molecule has 0 spiro atoms. The molecule has 0 radical (unpaired) electrons. The van der Waals surface area contributed by atoms with Gasteiger partial charge in [0.2, 0.25) is 0 Å². The van der Waals surface area contributed by atoms with Gasteiger partial charge in [-0.2, -0.15) is 0 Å². The van der Waals surface area contributed by atoms with Crippen molar-refractivity contribution in [2.45, 2.75) is 19.3 Å². The second-order valence-corrected chi connectivity index (χ2v) is 7.03. The standard InChI is InChI=1S/C21H19ClN2O2/c22-16-9-7-15(8-10-16)18-14-17-6-2-5-13-24(17)19(18)20(25)21(26)23-11-3-1-4-12-23/h2,5-10,13-14H,1,3-4,11-12H2. The molecule has 4 rings (SSSR count). The highest BCUT2D eigenvalue weighted by atomic mass is 35.5. The number of halogens is 1. The van der Waals surface area contributed by atoms with Gasteiger partial charge in [-0.3, -0.25) is 9.59 Å². The third-order valence-corrected chi connectivity index (χ3v) is 5.14. The summed E-state index contributed by atoms with van der Waals surface area (Å²) in [7, 11) is 0. The summed E-state index contributed by atoms with van der Waals surface area (Å²) in [6, 6.07) is 15.0. The number of ketones is 1. The fraction of sp³-hybridized carbons (Fsp3) is 0.238. The lowest BCUT2D eigenvalue weighted by Gasteiger charge is -2.26. The fourth-order valence-corrected chi connectivity index (χ4v) is 3.67.